The number of aromatic nitrogens is 5. The minimum Gasteiger partial charge on any atom is -0.380 e. The van der Waals surface area contributed by atoms with Crippen LogP contribution in [0.15, 0.2) is 30.6 Å². The second-order valence-electron chi connectivity index (χ2n) is 10.9. The molecular weight excluding hydrogens is 560 g/mol. The van der Waals surface area contributed by atoms with Crippen molar-refractivity contribution in [2.45, 2.75) is 62.4 Å². The van der Waals surface area contributed by atoms with Crippen molar-refractivity contribution in [2.24, 2.45) is 0 Å². The van der Waals surface area contributed by atoms with Crippen molar-refractivity contribution >= 4 is 26.8 Å². The zero-order valence-electron chi connectivity index (χ0n) is 22.3. The molecule has 1 aliphatic carbocycles. The Morgan fingerprint density at radius 1 is 1.10 bits per heavy atom. The molecule has 1 aromatic carbocycles. The highest BCUT2D eigenvalue weighted by Gasteiger charge is 2.34. The molecule has 0 bridgehead atoms. The van der Waals surface area contributed by atoms with Gasteiger partial charge in [-0.15, -0.1) is 0 Å². The zero-order valence-corrected chi connectivity index (χ0v) is 23.1. The monoisotopic (exact) mass is 588 g/mol. The maximum Gasteiger partial charge on any atom is 0.416 e. The van der Waals surface area contributed by atoms with E-state index in [-0.39, 0.29) is 29.4 Å². The van der Waals surface area contributed by atoms with E-state index in [9.17, 15) is 13.2 Å². The van der Waals surface area contributed by atoms with Gasteiger partial charge in [-0.1, -0.05) is 11.3 Å². The van der Waals surface area contributed by atoms with Gasteiger partial charge in [-0.05, 0) is 50.3 Å². The van der Waals surface area contributed by atoms with Crippen molar-refractivity contribution in [1.29, 1.82) is 0 Å². The highest BCUT2D eigenvalue weighted by atomic mass is 32.1. The number of alkyl halides is 3. The molecule has 3 aromatic heterocycles. The normalized spacial score (nSPS) is 23.5. The Labute approximate surface area is 237 Å². The van der Waals surface area contributed by atoms with Crippen molar-refractivity contribution in [3.05, 3.63) is 53.4 Å². The van der Waals surface area contributed by atoms with E-state index in [4.69, 9.17) is 24.4 Å². The number of hydrogen-bond acceptors (Lipinski definition) is 8. The van der Waals surface area contributed by atoms with Crippen LogP contribution in [0.25, 0.3) is 21.6 Å². The Bertz CT molecular complexity index is 1590. The van der Waals surface area contributed by atoms with Crippen LogP contribution in [0, 0.1) is 5.82 Å². The maximum absolute atomic E-state index is 15.3. The highest BCUT2D eigenvalue weighted by molar-refractivity contribution is 7.22. The Balaban J connectivity index is 1.27. The lowest BCUT2D eigenvalue weighted by atomic mass is 9.92. The second-order valence-corrected chi connectivity index (χ2v) is 11.9. The number of ether oxygens (including phenoxy) is 2. The molecule has 13 heteroatoms. The molecule has 2 saturated heterocycles. The summed E-state index contributed by atoms with van der Waals surface area (Å²) >= 11 is 1.32. The van der Waals surface area contributed by atoms with Crippen LogP contribution in [-0.4, -0.2) is 57.6 Å². The molecule has 7 rings (SSSR count). The molecule has 4 aromatic rings. The minimum absolute atomic E-state index is 0.00707. The number of thiazole rings is 1. The number of anilines is 1. The fourth-order valence-electron chi connectivity index (χ4n) is 5.63. The molecule has 41 heavy (non-hydrogen) atoms. The lowest BCUT2D eigenvalue weighted by molar-refractivity contribution is -0.137. The van der Waals surface area contributed by atoms with Crippen molar-refractivity contribution in [2.75, 3.05) is 31.7 Å². The first-order chi connectivity index (χ1) is 19.8. The summed E-state index contributed by atoms with van der Waals surface area (Å²) in [5.74, 6) is -0.602. The number of benzene rings is 1. The molecule has 0 unspecified atom stereocenters. The molecular formula is C28H28F4N6O2S. The van der Waals surface area contributed by atoms with E-state index in [2.05, 4.69) is 10.00 Å². The van der Waals surface area contributed by atoms with Gasteiger partial charge >= 0.3 is 6.18 Å². The lowest BCUT2D eigenvalue weighted by Gasteiger charge is -2.28. The molecule has 3 atom stereocenters. The van der Waals surface area contributed by atoms with Crippen LogP contribution in [0.5, 0.6) is 0 Å². The molecule has 0 N–H and O–H groups in total. The van der Waals surface area contributed by atoms with E-state index in [1.54, 1.807) is 7.11 Å². The topological polar surface area (TPSA) is 78.2 Å². The number of rotatable bonds is 6. The van der Waals surface area contributed by atoms with Gasteiger partial charge in [-0.3, -0.25) is 4.68 Å². The number of fused-ring (bicyclic) bond motifs is 1. The van der Waals surface area contributed by atoms with Crippen molar-refractivity contribution < 1.29 is 27.0 Å². The number of hydrogen-bond donors (Lipinski definition) is 0. The summed E-state index contributed by atoms with van der Waals surface area (Å²) < 4.78 is 69.3. The molecule has 3 aliphatic rings. The van der Waals surface area contributed by atoms with Gasteiger partial charge in [-0.2, -0.15) is 23.3 Å². The van der Waals surface area contributed by atoms with Gasteiger partial charge in [0.2, 0.25) is 0 Å². The van der Waals surface area contributed by atoms with Gasteiger partial charge in [0.15, 0.2) is 10.8 Å². The van der Waals surface area contributed by atoms with Crippen LogP contribution in [0.4, 0.5) is 22.7 Å². The Morgan fingerprint density at radius 3 is 2.68 bits per heavy atom. The van der Waals surface area contributed by atoms with E-state index in [1.807, 2.05) is 17.1 Å². The summed E-state index contributed by atoms with van der Waals surface area (Å²) in [5, 5.41) is 5.20. The van der Waals surface area contributed by atoms with E-state index in [0.29, 0.717) is 59.4 Å². The van der Waals surface area contributed by atoms with Gasteiger partial charge in [0.25, 0.3) is 0 Å². The van der Waals surface area contributed by atoms with Gasteiger partial charge in [0.1, 0.15) is 16.3 Å². The summed E-state index contributed by atoms with van der Waals surface area (Å²) in [5.41, 5.74) is 0.611. The Kier molecular flexibility index (Phi) is 6.70. The van der Waals surface area contributed by atoms with E-state index in [1.165, 1.54) is 11.3 Å². The van der Waals surface area contributed by atoms with E-state index < -0.39 is 17.6 Å². The van der Waals surface area contributed by atoms with E-state index in [0.717, 1.165) is 43.5 Å². The van der Waals surface area contributed by atoms with Gasteiger partial charge < -0.3 is 14.4 Å². The van der Waals surface area contributed by atoms with Crippen molar-refractivity contribution in [1.82, 2.24) is 24.7 Å². The quantitative estimate of drug-likeness (QED) is 0.245. The molecule has 5 heterocycles. The average molecular weight is 589 g/mol. The van der Waals surface area contributed by atoms with Crippen LogP contribution in [0.3, 0.4) is 0 Å². The van der Waals surface area contributed by atoms with Crippen LogP contribution < -0.4 is 4.90 Å². The fourth-order valence-corrected chi connectivity index (χ4v) is 6.67. The second kappa shape index (κ2) is 10.3. The van der Waals surface area contributed by atoms with Crippen LogP contribution in [-0.2, 0) is 15.7 Å². The Morgan fingerprint density at radius 2 is 1.95 bits per heavy atom. The van der Waals surface area contributed by atoms with Crippen LogP contribution in [0.2, 0.25) is 0 Å². The predicted molar refractivity (Wildman–Crippen MR) is 144 cm³/mol. The summed E-state index contributed by atoms with van der Waals surface area (Å²) in [7, 11) is 1.67. The first-order valence-electron chi connectivity index (χ1n) is 13.8. The maximum atomic E-state index is 15.3. The molecule has 1 saturated carbocycles. The zero-order chi connectivity index (χ0) is 28.3. The smallest absolute Gasteiger partial charge is 0.380 e. The van der Waals surface area contributed by atoms with E-state index >= 15 is 4.39 Å². The lowest BCUT2D eigenvalue weighted by Crippen LogP contribution is -2.21. The van der Waals surface area contributed by atoms with Crippen molar-refractivity contribution in [3.63, 3.8) is 0 Å². The molecule has 2 aliphatic heterocycles. The summed E-state index contributed by atoms with van der Waals surface area (Å²) in [4.78, 5) is 16.5. The molecule has 0 spiro atoms. The minimum atomic E-state index is -4.65. The molecule has 216 valence electrons. The van der Waals surface area contributed by atoms with Crippen molar-refractivity contribution in [3.8, 4) is 11.3 Å². The van der Waals surface area contributed by atoms with Gasteiger partial charge in [0.05, 0.1) is 35.7 Å². The fraction of sp³-hybridized carbons (Fsp3) is 0.500. The third kappa shape index (κ3) is 5.19. The number of nitrogens with zero attached hydrogens (tertiary/aromatic N) is 6. The predicted octanol–water partition coefficient (Wildman–Crippen LogP) is 6.30. The molecule has 0 radical (unpaired) electrons. The first kappa shape index (κ1) is 26.7. The summed E-state index contributed by atoms with van der Waals surface area (Å²) in [6.07, 6.45) is 3.50. The van der Waals surface area contributed by atoms with Crippen LogP contribution in [0.1, 0.15) is 67.1 Å². The summed E-state index contributed by atoms with van der Waals surface area (Å²) in [6, 6.07) is 3.03. The highest BCUT2D eigenvalue weighted by Crippen LogP contribution is 2.42. The molecule has 8 nitrogen and oxygen atoms in total. The molecule has 3 fully saturated rings. The standard InChI is InChI=1S/C28H28F4N6O2S/c1-39-19-6-8-37(14-19)27-36-26-24(41-27)23(20-5-2-17(11-21(20)29)28(30,31)32)34-25(35-26)15-7-9-40-22(10-15)16-12-33-38(13-16)18-3-4-18/h2,5,11-13,15,18-19,22H,3-4,6-10,14H2,1H3/t15-,19-,22+/m0/s1. The van der Waals surface area contributed by atoms with Crippen LogP contribution >= 0.6 is 11.3 Å². The van der Waals surface area contributed by atoms with Gasteiger partial charge in [0, 0.05) is 50.0 Å². The summed E-state index contributed by atoms with van der Waals surface area (Å²) in [6.45, 7) is 1.90. The average Bonchev–Trinajstić information content (AvgIpc) is 3.35. The molecule has 0 amide bonds. The third-order valence-corrected chi connectivity index (χ3v) is 9.24. The largest absolute Gasteiger partial charge is 0.416 e. The Hall–Kier alpha value is -3.16. The third-order valence-electron chi connectivity index (χ3n) is 8.12. The number of halogens is 4. The first-order valence-corrected chi connectivity index (χ1v) is 14.6. The number of methoxy groups -OCH3 is 1. The van der Waals surface area contributed by atoms with Gasteiger partial charge in [-0.25, -0.2) is 14.4 Å². The SMILES string of the molecule is CO[C@H]1CCN(c2nc3nc([C@H]4CCO[C@@H](c5cnn(C6CC6)c5)C4)nc(-c4ccc(C(F)(F)F)cc4F)c3s2)C1.